The number of hydrogen-bond donors (Lipinski definition) is 0. The van der Waals surface area contributed by atoms with Crippen LogP contribution in [-0.4, -0.2) is 53.2 Å². The van der Waals surface area contributed by atoms with Crippen molar-refractivity contribution < 1.29 is 4.52 Å². The van der Waals surface area contributed by atoms with Crippen molar-refractivity contribution in [1.29, 1.82) is 0 Å². The van der Waals surface area contributed by atoms with Gasteiger partial charge in [0.05, 0.1) is 6.54 Å². The Bertz CT molecular complexity index is 658. The van der Waals surface area contributed by atoms with Crippen molar-refractivity contribution in [2.24, 2.45) is 5.92 Å². The highest BCUT2D eigenvalue weighted by atomic mass is 35.5. The molecular weight excluding hydrogens is 336 g/mol. The van der Waals surface area contributed by atoms with Crippen LogP contribution in [0.5, 0.6) is 0 Å². The molecule has 0 radical (unpaired) electrons. The van der Waals surface area contributed by atoms with E-state index in [4.69, 9.17) is 16.1 Å². The number of piperidine rings is 1. The summed E-state index contributed by atoms with van der Waals surface area (Å²) in [6.07, 6.45) is 3.66. The fraction of sp³-hybridized carbons (Fsp3) is 0.579. The van der Waals surface area contributed by atoms with Gasteiger partial charge in [0, 0.05) is 24.7 Å². The highest BCUT2D eigenvalue weighted by Crippen LogP contribution is 2.19. The predicted octanol–water partition coefficient (Wildman–Crippen LogP) is 3.42. The molecule has 0 saturated carbocycles. The molecule has 3 rings (SSSR count). The molecule has 2 aromatic rings. The maximum Gasteiger partial charge on any atom is 0.240 e. The molecule has 1 aliphatic rings. The largest absolute Gasteiger partial charge is 0.338 e. The van der Waals surface area contributed by atoms with Gasteiger partial charge in [-0.1, -0.05) is 28.9 Å². The maximum atomic E-state index is 5.96. The third-order valence-electron chi connectivity index (χ3n) is 4.78. The Morgan fingerprint density at radius 1 is 1.32 bits per heavy atom. The summed E-state index contributed by atoms with van der Waals surface area (Å²) in [7, 11) is 2.13. The van der Waals surface area contributed by atoms with Gasteiger partial charge in [0.1, 0.15) is 0 Å². The van der Waals surface area contributed by atoms with E-state index >= 15 is 0 Å². The summed E-state index contributed by atoms with van der Waals surface area (Å²) in [5.41, 5.74) is 1.36. The lowest BCUT2D eigenvalue weighted by Crippen LogP contribution is -2.40. The lowest BCUT2D eigenvalue weighted by Gasteiger charge is -2.34. The molecule has 0 N–H and O–H groups in total. The quantitative estimate of drug-likeness (QED) is 0.755. The normalized spacial score (nSPS) is 18.8. The lowest BCUT2D eigenvalue weighted by molar-refractivity contribution is 0.137. The van der Waals surface area contributed by atoms with Crippen LogP contribution in [0, 0.1) is 12.8 Å². The molecule has 1 fully saturated rings. The molecule has 0 bridgehead atoms. The van der Waals surface area contributed by atoms with Gasteiger partial charge in [-0.05, 0) is 63.4 Å². The van der Waals surface area contributed by atoms with E-state index in [2.05, 4.69) is 39.1 Å². The summed E-state index contributed by atoms with van der Waals surface area (Å²) in [5, 5.41) is 4.66. The maximum absolute atomic E-state index is 5.96. The molecule has 25 heavy (non-hydrogen) atoms. The van der Waals surface area contributed by atoms with Crippen LogP contribution in [0.2, 0.25) is 5.02 Å². The minimum atomic E-state index is 0.702. The fourth-order valence-electron chi connectivity index (χ4n) is 3.58. The average Bonchev–Trinajstić information content (AvgIpc) is 2.99. The first-order valence-electron chi connectivity index (χ1n) is 9.03. The molecule has 0 aliphatic carbocycles. The van der Waals surface area contributed by atoms with Crippen LogP contribution in [0.1, 0.15) is 30.1 Å². The number of rotatable bonds is 7. The van der Waals surface area contributed by atoms with Gasteiger partial charge in [0.25, 0.3) is 0 Å². The van der Waals surface area contributed by atoms with E-state index in [0.717, 1.165) is 31.1 Å². The van der Waals surface area contributed by atoms with Crippen molar-refractivity contribution >= 4 is 11.6 Å². The molecule has 1 atom stereocenters. The predicted molar refractivity (Wildman–Crippen MR) is 99.7 cm³/mol. The van der Waals surface area contributed by atoms with Gasteiger partial charge in [-0.15, -0.1) is 0 Å². The molecule has 2 heterocycles. The number of aromatic nitrogens is 2. The van der Waals surface area contributed by atoms with Crippen molar-refractivity contribution in [3.63, 3.8) is 0 Å². The monoisotopic (exact) mass is 362 g/mol. The van der Waals surface area contributed by atoms with Crippen LogP contribution in [-0.2, 0) is 13.0 Å². The Morgan fingerprint density at radius 2 is 2.12 bits per heavy atom. The molecule has 1 saturated heterocycles. The van der Waals surface area contributed by atoms with E-state index in [1.54, 1.807) is 0 Å². The molecule has 0 spiro atoms. The minimum Gasteiger partial charge on any atom is -0.338 e. The van der Waals surface area contributed by atoms with Gasteiger partial charge in [-0.25, -0.2) is 0 Å². The van der Waals surface area contributed by atoms with Crippen LogP contribution in [0.4, 0.5) is 0 Å². The van der Waals surface area contributed by atoms with Crippen LogP contribution >= 0.6 is 11.6 Å². The SMILES string of the molecule is Cc1noc(CN(C)CC2CCCN(CCc3ccc(Cl)cc3)C2)n1. The van der Waals surface area contributed by atoms with E-state index in [1.165, 1.54) is 31.5 Å². The van der Waals surface area contributed by atoms with Gasteiger partial charge in [-0.2, -0.15) is 4.98 Å². The third-order valence-corrected chi connectivity index (χ3v) is 5.03. The minimum absolute atomic E-state index is 0.702. The molecule has 1 aliphatic heterocycles. The zero-order valence-electron chi connectivity index (χ0n) is 15.1. The Balaban J connectivity index is 1.43. The summed E-state index contributed by atoms with van der Waals surface area (Å²) in [6, 6.07) is 8.21. The van der Waals surface area contributed by atoms with E-state index in [-0.39, 0.29) is 0 Å². The number of benzene rings is 1. The Morgan fingerprint density at radius 3 is 2.84 bits per heavy atom. The second-order valence-electron chi connectivity index (χ2n) is 7.12. The highest BCUT2D eigenvalue weighted by molar-refractivity contribution is 6.30. The van der Waals surface area contributed by atoms with E-state index in [0.29, 0.717) is 17.6 Å². The molecule has 1 unspecified atom stereocenters. The average molecular weight is 363 g/mol. The van der Waals surface area contributed by atoms with E-state index in [1.807, 2.05) is 19.1 Å². The molecule has 6 heteroatoms. The Labute approximate surface area is 155 Å². The second-order valence-corrected chi connectivity index (χ2v) is 7.55. The van der Waals surface area contributed by atoms with Crippen molar-refractivity contribution in [2.75, 3.05) is 33.2 Å². The first-order chi connectivity index (χ1) is 12.1. The molecule has 1 aromatic heterocycles. The first kappa shape index (κ1) is 18.4. The fourth-order valence-corrected chi connectivity index (χ4v) is 3.71. The number of likely N-dealkylation sites (tertiary alicyclic amines) is 1. The second kappa shape index (κ2) is 8.79. The smallest absolute Gasteiger partial charge is 0.240 e. The summed E-state index contributed by atoms with van der Waals surface area (Å²) >= 11 is 5.96. The number of aryl methyl sites for hydroxylation is 1. The van der Waals surface area contributed by atoms with Gasteiger partial charge in [0.2, 0.25) is 5.89 Å². The molecule has 5 nitrogen and oxygen atoms in total. The third kappa shape index (κ3) is 5.80. The number of nitrogens with zero attached hydrogens (tertiary/aromatic N) is 4. The highest BCUT2D eigenvalue weighted by Gasteiger charge is 2.21. The summed E-state index contributed by atoms with van der Waals surface area (Å²) in [6.45, 7) is 7.13. The van der Waals surface area contributed by atoms with Gasteiger partial charge >= 0.3 is 0 Å². The van der Waals surface area contributed by atoms with E-state index in [9.17, 15) is 0 Å². The zero-order chi connectivity index (χ0) is 17.6. The van der Waals surface area contributed by atoms with Crippen LogP contribution in [0.25, 0.3) is 0 Å². The van der Waals surface area contributed by atoms with E-state index < -0.39 is 0 Å². The summed E-state index contributed by atoms with van der Waals surface area (Å²) < 4.78 is 5.22. The Kier molecular flexibility index (Phi) is 6.45. The zero-order valence-corrected chi connectivity index (χ0v) is 15.9. The number of halogens is 1. The van der Waals surface area contributed by atoms with Gasteiger partial charge in [-0.3, -0.25) is 4.90 Å². The molecule has 1 aromatic carbocycles. The van der Waals surface area contributed by atoms with Crippen molar-refractivity contribution in [3.05, 3.63) is 46.6 Å². The summed E-state index contributed by atoms with van der Waals surface area (Å²) in [5.74, 6) is 2.11. The van der Waals surface area contributed by atoms with Gasteiger partial charge < -0.3 is 9.42 Å². The lowest BCUT2D eigenvalue weighted by atomic mass is 9.97. The number of hydrogen-bond acceptors (Lipinski definition) is 5. The molecular formula is C19H27ClN4O. The van der Waals surface area contributed by atoms with Crippen molar-refractivity contribution in [1.82, 2.24) is 19.9 Å². The van der Waals surface area contributed by atoms with Crippen LogP contribution in [0.3, 0.4) is 0 Å². The standard InChI is InChI=1S/C19H27ClN4O/c1-15-21-19(25-22-15)14-23(2)12-17-4-3-10-24(13-17)11-9-16-5-7-18(20)8-6-16/h5-8,17H,3-4,9-14H2,1-2H3. The molecule has 136 valence electrons. The van der Waals surface area contributed by atoms with Crippen molar-refractivity contribution in [3.8, 4) is 0 Å². The van der Waals surface area contributed by atoms with Gasteiger partial charge in [0.15, 0.2) is 5.82 Å². The van der Waals surface area contributed by atoms with Crippen LogP contribution < -0.4 is 0 Å². The first-order valence-corrected chi connectivity index (χ1v) is 9.41. The molecule has 0 amide bonds. The Hall–Kier alpha value is -1.43. The van der Waals surface area contributed by atoms with Crippen LogP contribution in [0.15, 0.2) is 28.8 Å². The van der Waals surface area contributed by atoms with Crippen molar-refractivity contribution in [2.45, 2.75) is 32.7 Å². The summed E-state index contributed by atoms with van der Waals surface area (Å²) in [4.78, 5) is 9.17. The topological polar surface area (TPSA) is 45.4 Å².